The van der Waals surface area contributed by atoms with Crippen LogP contribution < -0.4 is 0 Å². The number of carbonyl (C=O) groups excluding carboxylic acids is 2. The third-order valence-electron chi connectivity index (χ3n) is 4.18. The predicted molar refractivity (Wildman–Crippen MR) is 105 cm³/mol. The molecular weight excluding hydrogens is 418 g/mol. The van der Waals surface area contributed by atoms with Crippen LogP contribution in [0.3, 0.4) is 0 Å². The Morgan fingerprint density at radius 2 is 1.31 bits per heavy atom. The van der Waals surface area contributed by atoms with Crippen molar-refractivity contribution >= 4 is 58.2 Å². The molecule has 1 fully saturated rings. The SMILES string of the molecule is O=C(c1ccc(Cl)c(Cl)c1)N1CCN(C(=O)c2ccc(Cl)cc2Cl)CC1. The van der Waals surface area contributed by atoms with Crippen LogP contribution in [0, 0.1) is 0 Å². The second-order valence-electron chi connectivity index (χ2n) is 5.84. The van der Waals surface area contributed by atoms with Crippen LogP contribution in [0.1, 0.15) is 20.7 Å². The maximum Gasteiger partial charge on any atom is 0.255 e. The molecule has 26 heavy (non-hydrogen) atoms. The molecule has 0 aliphatic carbocycles. The zero-order chi connectivity index (χ0) is 18.8. The summed E-state index contributed by atoms with van der Waals surface area (Å²) in [4.78, 5) is 28.6. The second kappa shape index (κ2) is 8.05. The van der Waals surface area contributed by atoms with Crippen molar-refractivity contribution in [3.8, 4) is 0 Å². The molecule has 0 spiro atoms. The van der Waals surface area contributed by atoms with Gasteiger partial charge in [0.25, 0.3) is 11.8 Å². The van der Waals surface area contributed by atoms with E-state index in [-0.39, 0.29) is 11.8 Å². The van der Waals surface area contributed by atoms with Gasteiger partial charge in [-0.3, -0.25) is 9.59 Å². The number of halogens is 4. The van der Waals surface area contributed by atoms with E-state index in [4.69, 9.17) is 46.4 Å². The summed E-state index contributed by atoms with van der Waals surface area (Å²) in [6.45, 7) is 1.70. The normalized spacial score (nSPS) is 14.5. The molecule has 1 heterocycles. The Kier molecular flexibility index (Phi) is 5.98. The zero-order valence-electron chi connectivity index (χ0n) is 13.5. The van der Waals surface area contributed by atoms with Gasteiger partial charge in [0.05, 0.1) is 20.6 Å². The maximum atomic E-state index is 12.6. The summed E-state index contributed by atoms with van der Waals surface area (Å²) in [5.41, 5.74) is 0.875. The van der Waals surface area contributed by atoms with E-state index in [0.29, 0.717) is 57.4 Å². The molecule has 3 rings (SSSR count). The standard InChI is InChI=1S/C18H14Cl4N2O2/c19-12-2-3-13(15(21)10-12)18(26)24-7-5-23(6-8-24)17(25)11-1-4-14(20)16(22)9-11/h1-4,9-10H,5-8H2. The molecule has 0 unspecified atom stereocenters. The van der Waals surface area contributed by atoms with E-state index in [9.17, 15) is 9.59 Å². The molecule has 0 aromatic heterocycles. The van der Waals surface area contributed by atoms with E-state index in [1.54, 1.807) is 46.2 Å². The summed E-state index contributed by atoms with van der Waals surface area (Å²) < 4.78 is 0. The highest BCUT2D eigenvalue weighted by Crippen LogP contribution is 2.25. The van der Waals surface area contributed by atoms with Crippen LogP contribution in [-0.2, 0) is 0 Å². The number of nitrogens with zero attached hydrogens (tertiary/aromatic N) is 2. The molecule has 2 amide bonds. The van der Waals surface area contributed by atoms with E-state index in [1.807, 2.05) is 0 Å². The Bertz CT molecular complexity index is 864. The van der Waals surface area contributed by atoms with E-state index < -0.39 is 0 Å². The van der Waals surface area contributed by atoms with Gasteiger partial charge in [0.1, 0.15) is 0 Å². The molecule has 0 N–H and O–H groups in total. The van der Waals surface area contributed by atoms with Crippen molar-refractivity contribution in [2.45, 2.75) is 0 Å². The van der Waals surface area contributed by atoms with Crippen molar-refractivity contribution in [1.29, 1.82) is 0 Å². The van der Waals surface area contributed by atoms with Crippen molar-refractivity contribution < 1.29 is 9.59 Å². The smallest absolute Gasteiger partial charge is 0.255 e. The van der Waals surface area contributed by atoms with Crippen LogP contribution in [0.2, 0.25) is 20.1 Å². The third kappa shape index (κ3) is 4.09. The van der Waals surface area contributed by atoms with Gasteiger partial charge in [-0.05, 0) is 36.4 Å². The van der Waals surface area contributed by atoms with Gasteiger partial charge in [0.2, 0.25) is 0 Å². The maximum absolute atomic E-state index is 12.6. The molecule has 1 saturated heterocycles. The van der Waals surface area contributed by atoms with E-state index in [2.05, 4.69) is 0 Å². The number of rotatable bonds is 2. The first-order valence-corrected chi connectivity index (χ1v) is 9.36. The lowest BCUT2D eigenvalue weighted by Crippen LogP contribution is -2.50. The number of hydrogen-bond acceptors (Lipinski definition) is 2. The average molecular weight is 432 g/mol. The van der Waals surface area contributed by atoms with E-state index >= 15 is 0 Å². The average Bonchev–Trinajstić information content (AvgIpc) is 2.63. The summed E-state index contributed by atoms with van der Waals surface area (Å²) in [6, 6.07) is 9.57. The largest absolute Gasteiger partial charge is 0.335 e. The molecule has 1 aliphatic heterocycles. The Morgan fingerprint density at radius 3 is 1.88 bits per heavy atom. The summed E-state index contributed by atoms with van der Waals surface area (Å²) in [6.07, 6.45) is 0. The number of amides is 2. The monoisotopic (exact) mass is 430 g/mol. The molecule has 0 bridgehead atoms. The summed E-state index contributed by atoms with van der Waals surface area (Å²) in [5, 5.41) is 1.53. The van der Waals surface area contributed by atoms with Gasteiger partial charge in [-0.15, -0.1) is 0 Å². The van der Waals surface area contributed by atoms with Crippen LogP contribution in [0.4, 0.5) is 0 Å². The van der Waals surface area contributed by atoms with Crippen molar-refractivity contribution in [2.24, 2.45) is 0 Å². The zero-order valence-corrected chi connectivity index (χ0v) is 16.5. The molecule has 2 aromatic rings. The second-order valence-corrected chi connectivity index (χ2v) is 7.50. The van der Waals surface area contributed by atoms with Crippen molar-refractivity contribution in [3.05, 3.63) is 67.6 Å². The van der Waals surface area contributed by atoms with Crippen molar-refractivity contribution in [2.75, 3.05) is 26.2 Å². The highest BCUT2D eigenvalue weighted by atomic mass is 35.5. The lowest BCUT2D eigenvalue weighted by molar-refractivity contribution is 0.0535. The summed E-state index contributed by atoms with van der Waals surface area (Å²) in [5.74, 6) is -0.312. The fraction of sp³-hybridized carbons (Fsp3) is 0.222. The molecule has 4 nitrogen and oxygen atoms in total. The van der Waals surface area contributed by atoms with Gasteiger partial charge >= 0.3 is 0 Å². The Morgan fingerprint density at radius 1 is 0.692 bits per heavy atom. The van der Waals surface area contributed by atoms with Crippen LogP contribution >= 0.6 is 46.4 Å². The van der Waals surface area contributed by atoms with Gasteiger partial charge in [-0.1, -0.05) is 46.4 Å². The van der Waals surface area contributed by atoms with E-state index in [1.165, 1.54) is 0 Å². The minimum Gasteiger partial charge on any atom is -0.335 e. The molecule has 0 radical (unpaired) electrons. The minimum atomic E-state index is -0.173. The highest BCUT2D eigenvalue weighted by molar-refractivity contribution is 6.42. The van der Waals surface area contributed by atoms with Gasteiger partial charge < -0.3 is 9.80 Å². The summed E-state index contributed by atoms with van der Waals surface area (Å²) in [7, 11) is 0. The molecular formula is C18H14Cl4N2O2. The Labute approximate surface area is 171 Å². The highest BCUT2D eigenvalue weighted by Gasteiger charge is 2.26. The molecule has 0 saturated carbocycles. The first kappa shape index (κ1) is 19.3. The van der Waals surface area contributed by atoms with Crippen molar-refractivity contribution in [1.82, 2.24) is 9.80 Å². The molecule has 136 valence electrons. The molecule has 0 atom stereocenters. The molecule has 2 aromatic carbocycles. The number of piperazine rings is 1. The molecule has 8 heteroatoms. The number of hydrogen-bond donors (Lipinski definition) is 0. The van der Waals surface area contributed by atoms with Gasteiger partial charge in [-0.25, -0.2) is 0 Å². The van der Waals surface area contributed by atoms with Crippen LogP contribution in [0.15, 0.2) is 36.4 Å². The predicted octanol–water partition coefficient (Wildman–Crippen LogP) is 4.90. The quantitative estimate of drug-likeness (QED) is 0.678. The molecule has 1 aliphatic rings. The fourth-order valence-corrected chi connectivity index (χ4v) is 3.55. The number of benzene rings is 2. The Hall–Kier alpha value is -1.46. The van der Waals surface area contributed by atoms with Crippen LogP contribution in [0.5, 0.6) is 0 Å². The minimum absolute atomic E-state index is 0.139. The topological polar surface area (TPSA) is 40.6 Å². The van der Waals surface area contributed by atoms with Gasteiger partial charge in [-0.2, -0.15) is 0 Å². The van der Waals surface area contributed by atoms with Crippen LogP contribution in [-0.4, -0.2) is 47.8 Å². The van der Waals surface area contributed by atoms with Crippen LogP contribution in [0.25, 0.3) is 0 Å². The van der Waals surface area contributed by atoms with E-state index in [0.717, 1.165) is 0 Å². The van der Waals surface area contributed by atoms with Gasteiger partial charge in [0.15, 0.2) is 0 Å². The van der Waals surface area contributed by atoms with Gasteiger partial charge in [0, 0.05) is 36.8 Å². The van der Waals surface area contributed by atoms with Crippen molar-refractivity contribution in [3.63, 3.8) is 0 Å². The lowest BCUT2D eigenvalue weighted by Gasteiger charge is -2.35. The Balaban J connectivity index is 1.66. The summed E-state index contributed by atoms with van der Waals surface area (Å²) >= 11 is 23.8. The fourth-order valence-electron chi connectivity index (χ4n) is 2.76. The first-order valence-electron chi connectivity index (χ1n) is 7.85. The third-order valence-corrected chi connectivity index (χ3v) is 5.47. The first-order chi connectivity index (χ1) is 12.4. The number of carbonyl (C=O) groups is 2. The lowest BCUT2D eigenvalue weighted by atomic mass is 10.1.